The summed E-state index contributed by atoms with van der Waals surface area (Å²) in [7, 11) is 0. The van der Waals surface area contributed by atoms with Crippen LogP contribution in [0.4, 0.5) is 0 Å². The van der Waals surface area contributed by atoms with E-state index in [1.54, 1.807) is 0 Å². The van der Waals surface area contributed by atoms with Crippen LogP contribution in [0.1, 0.15) is 41.5 Å². The maximum atomic E-state index is 12.3. The maximum Gasteiger partial charge on any atom is 0.325 e. The number of hydrogen-bond acceptors (Lipinski definition) is 4. The van der Waals surface area contributed by atoms with Crippen molar-refractivity contribution in [1.82, 2.24) is 5.06 Å². The Morgan fingerprint density at radius 3 is 1.53 bits per heavy atom. The molecule has 0 saturated carbocycles. The predicted octanol–water partition coefficient (Wildman–Crippen LogP) is 1.75. The van der Waals surface area contributed by atoms with Crippen LogP contribution in [0.25, 0.3) is 0 Å². The van der Waals surface area contributed by atoms with E-state index in [2.05, 4.69) is 4.28 Å². The lowest BCUT2D eigenvalue weighted by Gasteiger charge is -2.35. The van der Waals surface area contributed by atoms with Crippen molar-refractivity contribution in [3.63, 3.8) is 0 Å². The lowest BCUT2D eigenvalue weighted by atomic mass is 9.65. The van der Waals surface area contributed by atoms with Crippen molar-refractivity contribution >= 4 is 23.2 Å². The van der Waals surface area contributed by atoms with Gasteiger partial charge in [0.05, 0.1) is 11.8 Å². The highest BCUT2D eigenvalue weighted by atomic mass is 32.2. The molecule has 0 aromatic rings. The molecule has 1 heterocycles. The van der Waals surface area contributed by atoms with Crippen molar-refractivity contribution in [3.05, 3.63) is 0 Å². The van der Waals surface area contributed by atoms with E-state index in [4.69, 9.17) is 4.55 Å². The summed E-state index contributed by atoms with van der Waals surface area (Å²) in [6.45, 7) is 11.2. The summed E-state index contributed by atoms with van der Waals surface area (Å²) < 4.78 is 23.9. The molecule has 0 aromatic carbocycles. The number of hydroxylamine groups is 2. The van der Waals surface area contributed by atoms with Crippen LogP contribution in [0.2, 0.25) is 0 Å². The van der Waals surface area contributed by atoms with E-state index in [1.165, 1.54) is 0 Å². The Bertz CT molecular complexity index is 389. The van der Waals surface area contributed by atoms with E-state index < -0.39 is 45.8 Å². The molecular weight excluding hydrogens is 270 g/mol. The standard InChI is InChI=1S/C12H21NO5S/c1-11(2,3)7-8(12(4,5)6)10(15)13(9(7)14)18-19(16)17/h7-8H,1-6H3,(H,16,17). The zero-order chi connectivity index (χ0) is 15.2. The summed E-state index contributed by atoms with van der Waals surface area (Å²) in [5.74, 6) is -2.27. The quantitative estimate of drug-likeness (QED) is 0.619. The second-order valence-electron chi connectivity index (χ2n) is 6.95. The number of rotatable bonds is 2. The van der Waals surface area contributed by atoms with E-state index in [-0.39, 0.29) is 0 Å². The van der Waals surface area contributed by atoms with Crippen LogP contribution in [0.5, 0.6) is 0 Å². The van der Waals surface area contributed by atoms with Gasteiger partial charge >= 0.3 is 11.4 Å². The van der Waals surface area contributed by atoms with Crippen molar-refractivity contribution in [2.24, 2.45) is 22.7 Å². The van der Waals surface area contributed by atoms with Gasteiger partial charge in [-0.3, -0.25) is 14.1 Å². The molecule has 1 aliphatic heterocycles. The Balaban J connectivity index is 3.25. The topological polar surface area (TPSA) is 83.9 Å². The van der Waals surface area contributed by atoms with Crippen molar-refractivity contribution in [2.45, 2.75) is 41.5 Å². The zero-order valence-corrected chi connectivity index (χ0v) is 12.9. The fourth-order valence-electron chi connectivity index (χ4n) is 2.52. The molecule has 0 aliphatic carbocycles. The van der Waals surface area contributed by atoms with Gasteiger partial charge in [-0.05, 0) is 10.8 Å². The Morgan fingerprint density at radius 1 is 1.00 bits per heavy atom. The number of carbonyl (C=O) groups is 2. The molecule has 2 amide bonds. The molecule has 1 aliphatic rings. The molecule has 1 N–H and O–H groups in total. The monoisotopic (exact) mass is 291 g/mol. The van der Waals surface area contributed by atoms with Crippen molar-refractivity contribution in [2.75, 3.05) is 0 Å². The Hall–Kier alpha value is -0.790. The third-order valence-corrected chi connectivity index (χ3v) is 3.55. The third-order valence-electron chi connectivity index (χ3n) is 3.27. The average molecular weight is 291 g/mol. The van der Waals surface area contributed by atoms with Gasteiger partial charge in [-0.25, -0.2) is 0 Å². The van der Waals surface area contributed by atoms with E-state index in [9.17, 15) is 13.8 Å². The molecule has 1 saturated heterocycles. The van der Waals surface area contributed by atoms with Gasteiger partial charge in [-0.1, -0.05) is 41.5 Å². The minimum Gasteiger partial charge on any atom is -0.282 e. The van der Waals surface area contributed by atoms with Crippen molar-refractivity contribution in [1.29, 1.82) is 0 Å². The van der Waals surface area contributed by atoms with Gasteiger partial charge in [-0.15, -0.1) is 9.35 Å². The Labute approximate surface area is 115 Å². The second-order valence-corrected chi connectivity index (χ2v) is 7.53. The Morgan fingerprint density at radius 2 is 1.32 bits per heavy atom. The highest BCUT2D eigenvalue weighted by Gasteiger charge is 2.57. The van der Waals surface area contributed by atoms with Crippen molar-refractivity contribution < 1.29 is 22.6 Å². The minimum atomic E-state index is -2.70. The number of imide groups is 1. The molecule has 6 nitrogen and oxygen atoms in total. The van der Waals surface area contributed by atoms with Gasteiger partial charge in [0.15, 0.2) is 0 Å². The number of carbonyl (C=O) groups excluding carboxylic acids is 2. The SMILES string of the molecule is CC(C)(C)C1C(=O)N(OS(=O)O)C(=O)C1C(C)(C)C. The number of amides is 2. The molecule has 0 aromatic heterocycles. The summed E-state index contributed by atoms with van der Waals surface area (Å²) in [6, 6.07) is 0. The first-order valence-corrected chi connectivity index (χ1v) is 7.07. The molecule has 3 unspecified atom stereocenters. The molecule has 0 spiro atoms. The molecule has 7 heteroatoms. The molecule has 110 valence electrons. The number of nitrogens with zero attached hydrogens (tertiary/aromatic N) is 1. The second kappa shape index (κ2) is 4.96. The minimum absolute atomic E-state index is 0.445. The molecule has 0 bridgehead atoms. The molecular formula is C12H21NO5S. The van der Waals surface area contributed by atoms with E-state index in [1.807, 2.05) is 41.5 Å². The van der Waals surface area contributed by atoms with Crippen LogP contribution < -0.4 is 0 Å². The fourth-order valence-corrected chi connectivity index (χ4v) is 2.80. The van der Waals surface area contributed by atoms with Gasteiger partial charge in [-0.2, -0.15) is 4.21 Å². The van der Waals surface area contributed by atoms with Crippen LogP contribution in [-0.4, -0.2) is 25.6 Å². The van der Waals surface area contributed by atoms with Crippen LogP contribution in [0, 0.1) is 22.7 Å². The molecule has 0 radical (unpaired) electrons. The maximum absolute atomic E-state index is 12.3. The highest BCUT2D eigenvalue weighted by Crippen LogP contribution is 2.47. The van der Waals surface area contributed by atoms with Gasteiger partial charge in [0.25, 0.3) is 11.8 Å². The molecule has 1 rings (SSSR count). The summed E-state index contributed by atoms with van der Waals surface area (Å²) in [5.41, 5.74) is -0.889. The van der Waals surface area contributed by atoms with Gasteiger partial charge in [0.1, 0.15) is 0 Å². The summed E-state index contributed by atoms with van der Waals surface area (Å²) in [6.07, 6.45) is 0. The summed E-state index contributed by atoms with van der Waals surface area (Å²) in [4.78, 5) is 24.6. The average Bonchev–Trinajstić information content (AvgIpc) is 2.39. The number of hydrogen-bond donors (Lipinski definition) is 1. The zero-order valence-electron chi connectivity index (χ0n) is 12.1. The van der Waals surface area contributed by atoms with Crippen LogP contribution in [0.3, 0.4) is 0 Å². The first-order chi connectivity index (χ1) is 8.37. The normalized spacial score (nSPS) is 27.0. The van der Waals surface area contributed by atoms with Crippen LogP contribution in [-0.2, 0) is 25.2 Å². The first kappa shape index (κ1) is 16.3. The largest absolute Gasteiger partial charge is 0.325 e. The lowest BCUT2D eigenvalue weighted by Crippen LogP contribution is -2.38. The van der Waals surface area contributed by atoms with E-state index in [0.717, 1.165) is 0 Å². The van der Waals surface area contributed by atoms with Crippen LogP contribution >= 0.6 is 0 Å². The van der Waals surface area contributed by atoms with Crippen LogP contribution in [0.15, 0.2) is 0 Å². The molecule has 19 heavy (non-hydrogen) atoms. The highest BCUT2D eigenvalue weighted by molar-refractivity contribution is 7.74. The third kappa shape index (κ3) is 3.21. The van der Waals surface area contributed by atoms with E-state index >= 15 is 0 Å². The van der Waals surface area contributed by atoms with Gasteiger partial charge in [0, 0.05) is 0 Å². The van der Waals surface area contributed by atoms with Gasteiger partial charge in [0.2, 0.25) is 0 Å². The molecule has 1 fully saturated rings. The summed E-state index contributed by atoms with van der Waals surface area (Å²) >= 11 is -2.70. The molecule has 3 atom stereocenters. The smallest absolute Gasteiger partial charge is 0.282 e. The van der Waals surface area contributed by atoms with Gasteiger partial charge < -0.3 is 0 Å². The lowest BCUT2D eigenvalue weighted by molar-refractivity contribution is -0.166. The Kier molecular flexibility index (Phi) is 4.24. The van der Waals surface area contributed by atoms with E-state index in [0.29, 0.717) is 5.06 Å². The summed E-state index contributed by atoms with van der Waals surface area (Å²) in [5, 5.41) is 0.446. The fraction of sp³-hybridized carbons (Fsp3) is 0.833. The van der Waals surface area contributed by atoms with Crippen molar-refractivity contribution in [3.8, 4) is 0 Å². The first-order valence-electron chi connectivity index (χ1n) is 6.04. The predicted molar refractivity (Wildman–Crippen MR) is 69.6 cm³/mol.